The van der Waals surface area contributed by atoms with E-state index in [1.165, 1.54) is 0 Å². The Hall–Kier alpha value is -3.41. The molecule has 0 fully saturated rings. The average molecular weight is 351 g/mol. The van der Waals surface area contributed by atoms with Gasteiger partial charge in [-0.25, -0.2) is 5.43 Å². The molecule has 0 atom stereocenters. The maximum atomic E-state index is 12.1. The van der Waals surface area contributed by atoms with Gasteiger partial charge in [0.15, 0.2) is 0 Å². The molecule has 0 aliphatic rings. The van der Waals surface area contributed by atoms with Gasteiger partial charge in [0.2, 0.25) is 5.91 Å². The van der Waals surface area contributed by atoms with E-state index < -0.39 is 0 Å². The zero-order valence-electron chi connectivity index (χ0n) is 14.6. The molecule has 0 radical (unpaired) electrons. The summed E-state index contributed by atoms with van der Waals surface area (Å²) in [5.41, 5.74) is 4.10. The van der Waals surface area contributed by atoms with Gasteiger partial charge >= 0.3 is 0 Å². The van der Waals surface area contributed by atoms with Gasteiger partial charge in [-0.3, -0.25) is 9.59 Å². The van der Waals surface area contributed by atoms with E-state index in [1.54, 1.807) is 49.4 Å². The van der Waals surface area contributed by atoms with Crippen LogP contribution in [0.1, 0.15) is 23.7 Å². The minimum absolute atomic E-state index is 0.0868. The Kier molecular flexibility index (Phi) is 7.12. The van der Waals surface area contributed by atoms with Crippen LogP contribution >= 0.6 is 0 Å². The first-order valence-electron chi connectivity index (χ1n) is 8.10. The van der Waals surface area contributed by atoms with Crippen molar-refractivity contribution in [2.24, 2.45) is 5.10 Å². The topological polar surface area (TPSA) is 79.8 Å². The van der Waals surface area contributed by atoms with Gasteiger partial charge < -0.3 is 10.1 Å². The maximum absolute atomic E-state index is 12.1. The number of benzene rings is 2. The fourth-order valence-corrected chi connectivity index (χ4v) is 2.07. The Morgan fingerprint density at radius 2 is 1.81 bits per heavy atom. The molecule has 0 aromatic heterocycles. The third-order valence-electron chi connectivity index (χ3n) is 3.31. The molecule has 6 heteroatoms. The van der Waals surface area contributed by atoms with Crippen LogP contribution in [0.5, 0.6) is 5.75 Å². The summed E-state index contributed by atoms with van der Waals surface area (Å²) >= 11 is 0. The summed E-state index contributed by atoms with van der Waals surface area (Å²) in [5.74, 6) is 0.0947. The highest BCUT2D eigenvalue weighted by Gasteiger charge is 2.07. The SMILES string of the molecule is C=CCOc1ccc(C(=O)N/N=C(/C)CC(=O)Nc2ccccc2)cc1. The predicted octanol–water partition coefficient (Wildman–Crippen LogP) is 3.39. The number of para-hydroxylation sites is 1. The number of hydrazone groups is 1. The van der Waals surface area contributed by atoms with Crippen molar-refractivity contribution in [2.45, 2.75) is 13.3 Å². The minimum Gasteiger partial charge on any atom is -0.490 e. The van der Waals surface area contributed by atoms with Crippen LogP contribution in [-0.4, -0.2) is 24.1 Å². The summed E-state index contributed by atoms with van der Waals surface area (Å²) in [6.45, 7) is 5.65. The first kappa shape index (κ1) is 18.9. The lowest BCUT2D eigenvalue weighted by Crippen LogP contribution is -2.21. The molecule has 0 aliphatic heterocycles. The van der Waals surface area contributed by atoms with Crippen LogP contribution in [-0.2, 0) is 4.79 Å². The van der Waals surface area contributed by atoms with Gasteiger partial charge in [-0.05, 0) is 43.3 Å². The molecular formula is C20H21N3O3. The van der Waals surface area contributed by atoms with Gasteiger partial charge in [-0.2, -0.15) is 5.10 Å². The van der Waals surface area contributed by atoms with Crippen molar-refractivity contribution in [1.29, 1.82) is 0 Å². The molecule has 0 spiro atoms. The van der Waals surface area contributed by atoms with Gasteiger partial charge in [0.05, 0.1) is 6.42 Å². The summed E-state index contributed by atoms with van der Waals surface area (Å²) in [6, 6.07) is 15.8. The molecule has 0 unspecified atom stereocenters. The number of ether oxygens (including phenoxy) is 1. The zero-order chi connectivity index (χ0) is 18.8. The smallest absolute Gasteiger partial charge is 0.271 e. The molecule has 2 aromatic carbocycles. The van der Waals surface area contributed by atoms with E-state index in [0.29, 0.717) is 29.3 Å². The first-order valence-corrected chi connectivity index (χ1v) is 8.10. The second-order valence-corrected chi connectivity index (χ2v) is 5.50. The van der Waals surface area contributed by atoms with E-state index in [4.69, 9.17) is 4.74 Å². The van der Waals surface area contributed by atoms with E-state index in [0.717, 1.165) is 0 Å². The van der Waals surface area contributed by atoms with Crippen LogP contribution in [0, 0.1) is 0 Å². The molecular weight excluding hydrogens is 330 g/mol. The van der Waals surface area contributed by atoms with Crippen molar-refractivity contribution in [3.8, 4) is 5.75 Å². The highest BCUT2D eigenvalue weighted by Crippen LogP contribution is 2.12. The lowest BCUT2D eigenvalue weighted by atomic mass is 10.2. The molecule has 0 saturated heterocycles. The van der Waals surface area contributed by atoms with Gasteiger partial charge in [0, 0.05) is 17.0 Å². The van der Waals surface area contributed by atoms with Crippen molar-refractivity contribution < 1.29 is 14.3 Å². The quantitative estimate of drug-likeness (QED) is 0.435. The summed E-state index contributed by atoms with van der Waals surface area (Å²) in [5, 5.41) is 6.73. The van der Waals surface area contributed by atoms with Crippen molar-refractivity contribution in [1.82, 2.24) is 5.43 Å². The molecule has 2 aromatic rings. The Balaban J connectivity index is 1.84. The standard InChI is InChI=1S/C20H21N3O3/c1-3-13-26-18-11-9-16(10-12-18)20(25)23-22-15(2)14-19(24)21-17-7-5-4-6-8-17/h3-12H,1,13-14H2,2H3,(H,21,24)(H,23,25)/b22-15-. The fraction of sp³-hybridized carbons (Fsp3) is 0.150. The number of rotatable bonds is 8. The van der Waals surface area contributed by atoms with E-state index in [2.05, 4.69) is 22.4 Å². The molecule has 0 saturated carbocycles. The Morgan fingerprint density at radius 3 is 2.46 bits per heavy atom. The number of hydrogen-bond acceptors (Lipinski definition) is 4. The third-order valence-corrected chi connectivity index (χ3v) is 3.31. The largest absolute Gasteiger partial charge is 0.490 e. The van der Waals surface area contributed by atoms with Gasteiger partial charge in [-0.1, -0.05) is 30.9 Å². The molecule has 26 heavy (non-hydrogen) atoms. The van der Waals surface area contributed by atoms with Gasteiger partial charge in [0.1, 0.15) is 12.4 Å². The molecule has 6 nitrogen and oxygen atoms in total. The highest BCUT2D eigenvalue weighted by molar-refractivity contribution is 6.06. The normalized spacial score (nSPS) is 10.7. The lowest BCUT2D eigenvalue weighted by Gasteiger charge is -2.06. The first-order chi connectivity index (χ1) is 12.6. The predicted molar refractivity (Wildman–Crippen MR) is 102 cm³/mol. The zero-order valence-corrected chi connectivity index (χ0v) is 14.6. The number of nitrogens with zero attached hydrogens (tertiary/aromatic N) is 1. The monoisotopic (exact) mass is 351 g/mol. The lowest BCUT2D eigenvalue weighted by molar-refractivity contribution is -0.115. The van der Waals surface area contributed by atoms with Gasteiger partial charge in [0.25, 0.3) is 5.91 Å². The summed E-state index contributed by atoms with van der Waals surface area (Å²) in [4.78, 5) is 24.0. The van der Waals surface area contributed by atoms with Crippen LogP contribution in [0.2, 0.25) is 0 Å². The molecule has 2 rings (SSSR count). The number of carbonyl (C=O) groups excluding carboxylic acids is 2. The van der Waals surface area contributed by atoms with Crippen LogP contribution < -0.4 is 15.5 Å². The molecule has 2 N–H and O–H groups in total. The van der Waals surface area contributed by atoms with Crippen molar-refractivity contribution in [3.05, 3.63) is 72.8 Å². The van der Waals surface area contributed by atoms with Crippen LogP contribution in [0.4, 0.5) is 5.69 Å². The average Bonchev–Trinajstić information content (AvgIpc) is 2.65. The molecule has 134 valence electrons. The Bertz CT molecular complexity index is 784. The number of amides is 2. The Morgan fingerprint density at radius 1 is 1.12 bits per heavy atom. The second-order valence-electron chi connectivity index (χ2n) is 5.50. The van der Waals surface area contributed by atoms with Gasteiger partial charge in [-0.15, -0.1) is 0 Å². The second kappa shape index (κ2) is 9.78. The summed E-state index contributed by atoms with van der Waals surface area (Å²) in [7, 11) is 0. The van der Waals surface area contributed by atoms with Crippen LogP contribution in [0.15, 0.2) is 72.4 Å². The number of hydrogen-bond donors (Lipinski definition) is 2. The van der Waals surface area contributed by atoms with Crippen LogP contribution in [0.3, 0.4) is 0 Å². The minimum atomic E-state index is -0.358. The fourth-order valence-electron chi connectivity index (χ4n) is 2.07. The number of carbonyl (C=O) groups is 2. The third kappa shape index (κ3) is 6.24. The highest BCUT2D eigenvalue weighted by atomic mass is 16.5. The summed E-state index contributed by atoms with van der Waals surface area (Å²) < 4.78 is 5.36. The molecule has 0 heterocycles. The number of nitrogens with one attached hydrogen (secondary N) is 2. The van der Waals surface area contributed by atoms with Crippen molar-refractivity contribution in [2.75, 3.05) is 11.9 Å². The van der Waals surface area contributed by atoms with E-state index >= 15 is 0 Å². The van der Waals surface area contributed by atoms with E-state index in [9.17, 15) is 9.59 Å². The Labute approximate surface area is 152 Å². The molecule has 0 bridgehead atoms. The van der Waals surface area contributed by atoms with Crippen LogP contribution in [0.25, 0.3) is 0 Å². The molecule has 0 aliphatic carbocycles. The molecule has 2 amide bonds. The van der Waals surface area contributed by atoms with E-state index in [-0.39, 0.29) is 18.2 Å². The number of anilines is 1. The maximum Gasteiger partial charge on any atom is 0.271 e. The van der Waals surface area contributed by atoms with Crippen molar-refractivity contribution >= 4 is 23.2 Å². The van der Waals surface area contributed by atoms with Crippen molar-refractivity contribution in [3.63, 3.8) is 0 Å². The van der Waals surface area contributed by atoms with E-state index in [1.807, 2.05) is 18.2 Å². The summed E-state index contributed by atoms with van der Waals surface area (Å²) in [6.07, 6.45) is 1.73.